The van der Waals surface area contributed by atoms with Crippen molar-refractivity contribution in [2.75, 3.05) is 6.61 Å². The summed E-state index contributed by atoms with van der Waals surface area (Å²) in [4.78, 5) is 0. The van der Waals surface area contributed by atoms with Gasteiger partial charge in [0, 0.05) is 0 Å². The first kappa shape index (κ1) is 9.53. The van der Waals surface area contributed by atoms with Gasteiger partial charge in [-0.2, -0.15) is 0 Å². The Bertz CT molecular complexity index is 267. The normalized spacial score (nSPS) is 18.6. The van der Waals surface area contributed by atoms with Crippen molar-refractivity contribution < 1.29 is 9.84 Å². The van der Waals surface area contributed by atoms with Crippen molar-refractivity contribution in [3.8, 4) is 5.75 Å². The van der Waals surface area contributed by atoms with E-state index in [1.54, 1.807) is 0 Å². The van der Waals surface area contributed by atoms with Crippen LogP contribution in [0.1, 0.15) is 19.3 Å². The zero-order valence-corrected chi connectivity index (χ0v) is 8.23. The van der Waals surface area contributed by atoms with Gasteiger partial charge in [-0.3, -0.25) is 0 Å². The second-order valence-electron chi connectivity index (χ2n) is 3.88. The van der Waals surface area contributed by atoms with E-state index >= 15 is 0 Å². The Morgan fingerprint density at radius 2 is 2.00 bits per heavy atom. The zero-order chi connectivity index (χ0) is 9.80. The molecule has 1 atom stereocenters. The third-order valence-electron chi connectivity index (χ3n) is 2.86. The molecule has 1 aliphatic rings. The Balaban J connectivity index is 1.76. The standard InChI is InChI=1S/C12H16O2/c13-12(10-5-4-6-10)9-14-11-7-2-1-3-8-11/h1-3,7-8,10,12-13H,4-6,9H2. The molecular weight excluding hydrogens is 176 g/mol. The molecule has 2 rings (SSSR count). The summed E-state index contributed by atoms with van der Waals surface area (Å²) in [7, 11) is 0. The third kappa shape index (κ3) is 2.26. The first-order valence-electron chi connectivity index (χ1n) is 5.22. The molecule has 1 aliphatic carbocycles. The number of benzene rings is 1. The Kier molecular flexibility index (Phi) is 3.04. The average Bonchev–Trinajstić information content (AvgIpc) is 2.14. The molecule has 0 spiro atoms. The van der Waals surface area contributed by atoms with Gasteiger partial charge in [0.15, 0.2) is 0 Å². The molecule has 1 aromatic rings. The second-order valence-corrected chi connectivity index (χ2v) is 3.88. The van der Waals surface area contributed by atoms with E-state index in [9.17, 15) is 5.11 Å². The minimum atomic E-state index is -0.288. The highest BCUT2D eigenvalue weighted by molar-refractivity contribution is 5.20. The molecule has 76 valence electrons. The summed E-state index contributed by atoms with van der Waals surface area (Å²) < 4.78 is 5.47. The third-order valence-corrected chi connectivity index (χ3v) is 2.86. The topological polar surface area (TPSA) is 29.5 Å². The highest BCUT2D eigenvalue weighted by Gasteiger charge is 2.25. The van der Waals surface area contributed by atoms with E-state index in [4.69, 9.17) is 4.74 Å². The number of hydrogen-bond acceptors (Lipinski definition) is 2. The van der Waals surface area contributed by atoms with E-state index in [0.717, 1.165) is 18.6 Å². The Morgan fingerprint density at radius 1 is 1.29 bits per heavy atom. The van der Waals surface area contributed by atoms with Crippen LogP contribution >= 0.6 is 0 Å². The molecule has 1 saturated carbocycles. The predicted octanol–water partition coefficient (Wildman–Crippen LogP) is 2.23. The Morgan fingerprint density at radius 3 is 2.57 bits per heavy atom. The lowest BCUT2D eigenvalue weighted by molar-refractivity contribution is 0.0241. The van der Waals surface area contributed by atoms with Crippen LogP contribution in [0.3, 0.4) is 0 Å². The molecule has 0 heterocycles. The minimum Gasteiger partial charge on any atom is -0.491 e. The fourth-order valence-electron chi connectivity index (χ4n) is 1.66. The van der Waals surface area contributed by atoms with Gasteiger partial charge in [0.2, 0.25) is 0 Å². The van der Waals surface area contributed by atoms with Gasteiger partial charge in [-0.25, -0.2) is 0 Å². The van der Waals surface area contributed by atoms with Crippen LogP contribution in [0.15, 0.2) is 30.3 Å². The lowest BCUT2D eigenvalue weighted by Crippen LogP contribution is -2.31. The van der Waals surface area contributed by atoms with Crippen molar-refractivity contribution in [3.63, 3.8) is 0 Å². The van der Waals surface area contributed by atoms with Gasteiger partial charge >= 0.3 is 0 Å². The quantitative estimate of drug-likeness (QED) is 0.792. The molecule has 0 aliphatic heterocycles. The van der Waals surface area contributed by atoms with Crippen molar-refractivity contribution in [1.82, 2.24) is 0 Å². The maximum Gasteiger partial charge on any atom is 0.119 e. The SMILES string of the molecule is OC(COc1ccccc1)C1CCC1. The smallest absolute Gasteiger partial charge is 0.119 e. The minimum absolute atomic E-state index is 0.288. The maximum absolute atomic E-state index is 9.71. The molecule has 1 unspecified atom stereocenters. The van der Waals surface area contributed by atoms with Crippen LogP contribution in [-0.4, -0.2) is 17.8 Å². The molecular formula is C12H16O2. The van der Waals surface area contributed by atoms with Crippen molar-refractivity contribution >= 4 is 0 Å². The summed E-state index contributed by atoms with van der Waals surface area (Å²) in [6.07, 6.45) is 3.27. The summed E-state index contributed by atoms with van der Waals surface area (Å²) in [6.45, 7) is 0.425. The van der Waals surface area contributed by atoms with E-state index in [-0.39, 0.29) is 6.10 Å². The van der Waals surface area contributed by atoms with Gasteiger partial charge in [0.1, 0.15) is 12.4 Å². The summed E-state index contributed by atoms with van der Waals surface area (Å²) in [5.41, 5.74) is 0. The summed E-state index contributed by atoms with van der Waals surface area (Å²) in [5.74, 6) is 1.31. The predicted molar refractivity (Wildman–Crippen MR) is 55.3 cm³/mol. The highest BCUT2D eigenvalue weighted by atomic mass is 16.5. The fraction of sp³-hybridized carbons (Fsp3) is 0.500. The molecule has 1 fully saturated rings. The zero-order valence-electron chi connectivity index (χ0n) is 8.23. The van der Waals surface area contributed by atoms with Crippen LogP contribution in [0.2, 0.25) is 0 Å². The Hall–Kier alpha value is -1.02. The van der Waals surface area contributed by atoms with Crippen molar-refractivity contribution in [2.24, 2.45) is 5.92 Å². The van der Waals surface area contributed by atoms with Crippen molar-refractivity contribution in [1.29, 1.82) is 0 Å². The molecule has 2 nitrogen and oxygen atoms in total. The number of rotatable bonds is 4. The largest absolute Gasteiger partial charge is 0.491 e. The number of para-hydroxylation sites is 1. The van der Waals surface area contributed by atoms with E-state index in [1.807, 2.05) is 30.3 Å². The molecule has 2 heteroatoms. The number of hydrogen-bond donors (Lipinski definition) is 1. The van der Waals surface area contributed by atoms with Crippen molar-refractivity contribution in [2.45, 2.75) is 25.4 Å². The van der Waals surface area contributed by atoms with E-state index < -0.39 is 0 Å². The van der Waals surface area contributed by atoms with Crippen LogP contribution in [0.25, 0.3) is 0 Å². The van der Waals surface area contributed by atoms with Crippen LogP contribution in [0.4, 0.5) is 0 Å². The van der Waals surface area contributed by atoms with Crippen LogP contribution in [0, 0.1) is 5.92 Å². The average molecular weight is 192 g/mol. The molecule has 0 bridgehead atoms. The molecule has 1 aromatic carbocycles. The van der Waals surface area contributed by atoms with Gasteiger partial charge in [-0.05, 0) is 30.9 Å². The lowest BCUT2D eigenvalue weighted by atomic mass is 9.81. The van der Waals surface area contributed by atoms with Crippen LogP contribution in [0.5, 0.6) is 5.75 Å². The molecule has 14 heavy (non-hydrogen) atoms. The number of aliphatic hydroxyl groups is 1. The van der Waals surface area contributed by atoms with Gasteiger partial charge in [-0.15, -0.1) is 0 Å². The van der Waals surface area contributed by atoms with E-state index in [1.165, 1.54) is 6.42 Å². The summed E-state index contributed by atoms with van der Waals surface area (Å²) in [5, 5.41) is 9.71. The van der Waals surface area contributed by atoms with Crippen molar-refractivity contribution in [3.05, 3.63) is 30.3 Å². The summed E-state index contributed by atoms with van der Waals surface area (Å²) >= 11 is 0. The van der Waals surface area contributed by atoms with Gasteiger partial charge < -0.3 is 9.84 Å². The summed E-state index contributed by atoms with van der Waals surface area (Å²) in [6, 6.07) is 9.65. The monoisotopic (exact) mass is 192 g/mol. The molecule has 0 aromatic heterocycles. The van der Waals surface area contributed by atoms with Crippen LogP contribution < -0.4 is 4.74 Å². The fourth-order valence-corrected chi connectivity index (χ4v) is 1.66. The molecule has 0 saturated heterocycles. The van der Waals surface area contributed by atoms with Crippen LogP contribution in [-0.2, 0) is 0 Å². The first-order chi connectivity index (χ1) is 6.86. The lowest BCUT2D eigenvalue weighted by Gasteiger charge is -2.30. The van der Waals surface area contributed by atoms with Gasteiger partial charge in [0.25, 0.3) is 0 Å². The van der Waals surface area contributed by atoms with Gasteiger partial charge in [0.05, 0.1) is 6.10 Å². The second kappa shape index (κ2) is 4.47. The van der Waals surface area contributed by atoms with E-state index in [2.05, 4.69) is 0 Å². The molecule has 1 N–H and O–H groups in total. The number of ether oxygens (including phenoxy) is 1. The molecule has 0 radical (unpaired) electrons. The maximum atomic E-state index is 9.71. The van der Waals surface area contributed by atoms with E-state index in [0.29, 0.717) is 12.5 Å². The Labute approximate surface area is 84.5 Å². The molecule has 0 amide bonds. The van der Waals surface area contributed by atoms with Gasteiger partial charge in [-0.1, -0.05) is 24.6 Å². The number of aliphatic hydroxyl groups excluding tert-OH is 1. The first-order valence-corrected chi connectivity index (χ1v) is 5.22. The highest BCUT2D eigenvalue weighted by Crippen LogP contribution is 2.29.